The lowest BCUT2D eigenvalue weighted by atomic mass is 10.1. The number of unbranched alkanes of at least 4 members (excludes halogenated alkanes) is 11. The summed E-state index contributed by atoms with van der Waals surface area (Å²) in [5, 5.41) is 0. The van der Waals surface area contributed by atoms with Gasteiger partial charge < -0.3 is 18.9 Å². The predicted molar refractivity (Wildman–Crippen MR) is 224 cm³/mol. The molecule has 9 heteroatoms. The maximum absolute atomic E-state index is 12.7. The Morgan fingerprint density at radius 2 is 1.09 bits per heavy atom. The Bertz CT molecular complexity index is 1070. The summed E-state index contributed by atoms with van der Waals surface area (Å²) in [5.74, 6) is -0.351. The van der Waals surface area contributed by atoms with Gasteiger partial charge in [-0.05, 0) is 77.0 Å². The molecule has 0 saturated heterocycles. The van der Waals surface area contributed by atoms with Crippen LogP contribution in [0.4, 0.5) is 0 Å². The van der Waals surface area contributed by atoms with Crippen LogP contribution in [0.1, 0.15) is 142 Å². The van der Waals surface area contributed by atoms with Crippen molar-refractivity contribution in [3.05, 3.63) is 72.9 Å². The number of quaternary nitrogens is 1. The van der Waals surface area contributed by atoms with Gasteiger partial charge in [-0.2, -0.15) is 0 Å². The Balaban J connectivity index is 4.36. The van der Waals surface area contributed by atoms with Gasteiger partial charge in [0.1, 0.15) is 19.3 Å². The Hall–Kier alpha value is -2.06. The van der Waals surface area contributed by atoms with E-state index in [1.165, 1.54) is 51.4 Å². The van der Waals surface area contributed by atoms with Crippen LogP contribution in [0, 0.1) is 0 Å². The van der Waals surface area contributed by atoms with Crippen molar-refractivity contribution in [1.29, 1.82) is 0 Å². The minimum Gasteiger partial charge on any atom is -0.457 e. The van der Waals surface area contributed by atoms with Crippen molar-refractivity contribution in [2.24, 2.45) is 0 Å². The number of carbonyl (C=O) groups is 1. The molecule has 0 fully saturated rings. The zero-order chi connectivity index (χ0) is 39.1. The van der Waals surface area contributed by atoms with Gasteiger partial charge in [-0.3, -0.25) is 13.8 Å². The summed E-state index contributed by atoms with van der Waals surface area (Å²) in [6, 6.07) is 0. The molecule has 0 rings (SSSR count). The number of phosphoric acid groups is 1. The summed E-state index contributed by atoms with van der Waals surface area (Å²) < 4.78 is 34.9. The summed E-state index contributed by atoms with van der Waals surface area (Å²) in [6.45, 7) is 5.39. The van der Waals surface area contributed by atoms with Crippen LogP contribution in [-0.4, -0.2) is 75.6 Å². The number of rotatable bonds is 37. The second-order valence-corrected chi connectivity index (χ2v) is 16.1. The Morgan fingerprint density at radius 3 is 1.66 bits per heavy atom. The Morgan fingerprint density at radius 1 is 0.604 bits per heavy atom. The van der Waals surface area contributed by atoms with Gasteiger partial charge in [-0.1, -0.05) is 132 Å². The Kier molecular flexibility index (Phi) is 35.5. The van der Waals surface area contributed by atoms with Crippen LogP contribution in [0.15, 0.2) is 72.9 Å². The van der Waals surface area contributed by atoms with E-state index in [0.717, 1.165) is 70.6 Å². The third-order valence-corrected chi connectivity index (χ3v) is 9.24. The lowest BCUT2D eigenvalue weighted by Gasteiger charge is -2.24. The molecular formula is C44H79NO7P+. The van der Waals surface area contributed by atoms with Crippen LogP contribution >= 0.6 is 7.82 Å². The summed E-state index contributed by atoms with van der Waals surface area (Å²) in [7, 11) is 1.63. The molecule has 0 aromatic heterocycles. The molecule has 2 unspecified atom stereocenters. The van der Waals surface area contributed by atoms with Crippen molar-refractivity contribution in [1.82, 2.24) is 0 Å². The van der Waals surface area contributed by atoms with Crippen LogP contribution in [0.25, 0.3) is 0 Å². The number of likely N-dealkylation sites (N-methyl/N-ethyl adjacent to an activating group) is 1. The largest absolute Gasteiger partial charge is 0.472 e. The van der Waals surface area contributed by atoms with E-state index in [1.54, 1.807) is 0 Å². The molecule has 0 aromatic rings. The van der Waals surface area contributed by atoms with E-state index in [2.05, 4.69) is 86.8 Å². The lowest BCUT2D eigenvalue weighted by molar-refractivity contribution is -0.870. The molecule has 0 aliphatic carbocycles. The van der Waals surface area contributed by atoms with Crippen molar-refractivity contribution < 1.29 is 37.3 Å². The number of nitrogens with zero attached hydrogens (tertiary/aromatic N) is 1. The first-order chi connectivity index (χ1) is 25.6. The first-order valence-corrected chi connectivity index (χ1v) is 22.2. The van der Waals surface area contributed by atoms with E-state index in [9.17, 15) is 14.3 Å². The minimum atomic E-state index is -4.29. The maximum Gasteiger partial charge on any atom is 0.472 e. The zero-order valence-corrected chi connectivity index (χ0v) is 35.4. The SMILES string of the molecule is CC/C=C\C/C=C\C/C=C\C/C=C\C/C=C\CCCCCC(=O)OC(COCCCCCCCC/C=C\CCCC)COP(=O)(O)OCC[N+](C)(C)C. The van der Waals surface area contributed by atoms with E-state index in [1.807, 2.05) is 21.1 Å². The van der Waals surface area contributed by atoms with Crippen molar-refractivity contribution in [3.63, 3.8) is 0 Å². The number of carbonyl (C=O) groups excluding carboxylic acids is 1. The van der Waals surface area contributed by atoms with Crippen LogP contribution in [0.5, 0.6) is 0 Å². The van der Waals surface area contributed by atoms with Crippen molar-refractivity contribution in [2.45, 2.75) is 148 Å². The summed E-state index contributed by atoms with van der Waals surface area (Å²) in [4.78, 5) is 22.8. The second kappa shape index (κ2) is 36.9. The molecule has 8 nitrogen and oxygen atoms in total. The summed E-state index contributed by atoms with van der Waals surface area (Å²) in [6.07, 6.45) is 46.5. The second-order valence-electron chi connectivity index (χ2n) is 14.6. The number of hydrogen-bond donors (Lipinski definition) is 1. The first kappa shape index (κ1) is 50.9. The highest BCUT2D eigenvalue weighted by molar-refractivity contribution is 7.47. The maximum atomic E-state index is 12.7. The predicted octanol–water partition coefficient (Wildman–Crippen LogP) is 11.9. The quantitative estimate of drug-likeness (QED) is 0.0221. The molecule has 1 N–H and O–H groups in total. The average Bonchev–Trinajstić information content (AvgIpc) is 3.11. The fourth-order valence-corrected chi connectivity index (χ4v) is 5.77. The fourth-order valence-electron chi connectivity index (χ4n) is 5.03. The highest BCUT2D eigenvalue weighted by Gasteiger charge is 2.26. The van der Waals surface area contributed by atoms with Gasteiger partial charge in [-0.25, -0.2) is 4.57 Å². The standard InChI is InChI=1S/C44H78NO7P/c1-6-8-10-12-14-16-18-20-21-22-23-24-25-26-27-29-31-33-35-37-44(46)52-43(42-51-53(47,48)50-40-38-45(3,4)5)41-49-39-36-34-32-30-28-19-17-15-13-11-9-7-2/h8,10,13-16,20-21,23-24,26-27,43H,6-7,9,11-12,17-19,22,25,28-42H2,1-5H3/p+1/b10-8-,15-13-,16-14-,21-20-,24-23-,27-26-. The number of phosphoric ester groups is 1. The van der Waals surface area contributed by atoms with E-state index in [4.69, 9.17) is 18.5 Å². The van der Waals surface area contributed by atoms with Gasteiger partial charge in [0.15, 0.2) is 0 Å². The normalized spacial score (nSPS) is 14.6. The van der Waals surface area contributed by atoms with Crippen molar-refractivity contribution in [2.75, 3.05) is 54.1 Å². The van der Waals surface area contributed by atoms with Gasteiger partial charge >= 0.3 is 13.8 Å². The van der Waals surface area contributed by atoms with Crippen LogP contribution in [0.2, 0.25) is 0 Å². The molecule has 53 heavy (non-hydrogen) atoms. The highest BCUT2D eigenvalue weighted by Crippen LogP contribution is 2.43. The molecule has 0 heterocycles. The van der Waals surface area contributed by atoms with E-state index < -0.39 is 13.9 Å². The zero-order valence-electron chi connectivity index (χ0n) is 34.5. The number of ether oxygens (including phenoxy) is 2. The molecule has 0 amide bonds. The van der Waals surface area contributed by atoms with Gasteiger partial charge in [0.05, 0.1) is 34.4 Å². The molecule has 0 aliphatic rings. The highest BCUT2D eigenvalue weighted by atomic mass is 31.2. The van der Waals surface area contributed by atoms with Crippen molar-refractivity contribution >= 4 is 13.8 Å². The summed E-state index contributed by atoms with van der Waals surface area (Å²) >= 11 is 0. The number of allylic oxidation sites excluding steroid dienone is 12. The first-order valence-electron chi connectivity index (χ1n) is 20.7. The molecular weight excluding hydrogens is 685 g/mol. The number of hydrogen-bond acceptors (Lipinski definition) is 6. The Labute approximate surface area is 325 Å². The molecule has 2 atom stereocenters. The van der Waals surface area contributed by atoms with Crippen molar-refractivity contribution in [3.8, 4) is 0 Å². The third-order valence-electron chi connectivity index (χ3n) is 8.25. The number of esters is 1. The third kappa shape index (κ3) is 41.0. The molecule has 306 valence electrons. The molecule has 0 spiro atoms. The van der Waals surface area contributed by atoms with Gasteiger partial charge in [0, 0.05) is 13.0 Å². The smallest absolute Gasteiger partial charge is 0.457 e. The minimum absolute atomic E-state index is 0.0769. The van der Waals surface area contributed by atoms with E-state index in [-0.39, 0.29) is 32.2 Å². The van der Waals surface area contributed by atoms with Gasteiger partial charge in [0.2, 0.25) is 0 Å². The lowest BCUT2D eigenvalue weighted by Crippen LogP contribution is -2.37. The van der Waals surface area contributed by atoms with Crippen LogP contribution in [0.3, 0.4) is 0 Å². The van der Waals surface area contributed by atoms with E-state index in [0.29, 0.717) is 17.6 Å². The monoisotopic (exact) mass is 765 g/mol. The molecule has 0 aliphatic heterocycles. The molecule has 0 bridgehead atoms. The molecule has 0 radical (unpaired) electrons. The van der Waals surface area contributed by atoms with Crippen LogP contribution < -0.4 is 0 Å². The van der Waals surface area contributed by atoms with Crippen LogP contribution in [-0.2, 0) is 27.9 Å². The topological polar surface area (TPSA) is 91.3 Å². The summed E-state index contributed by atoms with van der Waals surface area (Å²) in [5.41, 5.74) is 0. The van der Waals surface area contributed by atoms with Gasteiger partial charge in [0.25, 0.3) is 0 Å². The average molecular weight is 765 g/mol. The fraction of sp³-hybridized carbons (Fsp3) is 0.705. The molecule has 0 aromatic carbocycles. The van der Waals surface area contributed by atoms with Gasteiger partial charge in [-0.15, -0.1) is 0 Å². The molecule has 0 saturated carbocycles. The van der Waals surface area contributed by atoms with E-state index >= 15 is 0 Å².